The van der Waals surface area contributed by atoms with Gasteiger partial charge in [0, 0.05) is 17.9 Å². The van der Waals surface area contributed by atoms with Crippen molar-refractivity contribution in [2.75, 3.05) is 25.3 Å². The van der Waals surface area contributed by atoms with E-state index in [4.69, 9.17) is 9.47 Å². The molecule has 0 spiro atoms. The first kappa shape index (κ1) is 22.0. The van der Waals surface area contributed by atoms with Crippen molar-refractivity contribution < 1.29 is 19.1 Å². The number of aryl methyl sites for hydroxylation is 2. The van der Waals surface area contributed by atoms with Gasteiger partial charge in [0.25, 0.3) is 0 Å². The molecule has 3 rings (SSSR count). The number of benzene rings is 2. The molecule has 0 radical (unpaired) electrons. The Balaban J connectivity index is 1.86. The van der Waals surface area contributed by atoms with Gasteiger partial charge < -0.3 is 19.7 Å². The van der Waals surface area contributed by atoms with Crippen LogP contribution in [0.5, 0.6) is 11.5 Å². The Morgan fingerprint density at radius 2 is 1.80 bits per heavy atom. The topological polar surface area (TPSA) is 67.9 Å². The average molecular weight is 429 g/mol. The lowest BCUT2D eigenvalue weighted by atomic mass is 10.1. The summed E-state index contributed by atoms with van der Waals surface area (Å²) in [4.78, 5) is 27.6. The molecule has 1 fully saturated rings. The van der Waals surface area contributed by atoms with Crippen molar-refractivity contribution in [2.24, 2.45) is 0 Å². The molecular weight excluding hydrogens is 400 g/mol. The monoisotopic (exact) mass is 428 g/mol. The first-order valence-electron chi connectivity index (χ1n) is 9.92. The average Bonchev–Trinajstić information content (AvgIpc) is 3.20. The van der Waals surface area contributed by atoms with Crippen LogP contribution in [0.25, 0.3) is 0 Å². The highest BCUT2D eigenvalue weighted by atomic mass is 32.2. The molecule has 2 aromatic rings. The number of carbonyl (C=O) groups is 2. The molecule has 0 aliphatic carbocycles. The molecule has 7 heteroatoms. The molecule has 6 nitrogen and oxygen atoms in total. The van der Waals surface area contributed by atoms with E-state index in [1.807, 2.05) is 57.2 Å². The Bertz CT molecular complexity index is 947. The first-order chi connectivity index (χ1) is 14.4. The van der Waals surface area contributed by atoms with Crippen molar-refractivity contribution >= 4 is 29.3 Å². The highest BCUT2D eigenvalue weighted by molar-refractivity contribution is 7.99. The van der Waals surface area contributed by atoms with Gasteiger partial charge in [-0.15, -0.1) is 11.8 Å². The highest BCUT2D eigenvalue weighted by Crippen LogP contribution is 2.44. The Morgan fingerprint density at radius 1 is 1.07 bits per heavy atom. The van der Waals surface area contributed by atoms with Gasteiger partial charge in [-0.25, -0.2) is 0 Å². The lowest BCUT2D eigenvalue weighted by molar-refractivity contribution is -0.137. The molecule has 1 heterocycles. The number of thioether (sulfide) groups is 1. The summed E-state index contributed by atoms with van der Waals surface area (Å²) in [5, 5.41) is 2.73. The van der Waals surface area contributed by atoms with Gasteiger partial charge in [-0.05, 0) is 54.8 Å². The molecular formula is C23H28N2O4S. The molecule has 1 aliphatic rings. The Labute approximate surface area is 181 Å². The largest absolute Gasteiger partial charge is 0.493 e. The van der Waals surface area contributed by atoms with Crippen LogP contribution in [0.3, 0.4) is 0 Å². The summed E-state index contributed by atoms with van der Waals surface area (Å²) in [7, 11) is 3.17. The Hall–Kier alpha value is -2.67. The number of hydrogen-bond acceptors (Lipinski definition) is 5. The minimum absolute atomic E-state index is 0.0555. The van der Waals surface area contributed by atoms with Gasteiger partial charge in [-0.2, -0.15) is 0 Å². The van der Waals surface area contributed by atoms with Crippen LogP contribution in [0.2, 0.25) is 0 Å². The molecule has 2 aromatic carbocycles. The predicted molar refractivity (Wildman–Crippen MR) is 120 cm³/mol. The summed E-state index contributed by atoms with van der Waals surface area (Å²) in [6, 6.07) is 10.9. The molecule has 1 aliphatic heterocycles. The summed E-state index contributed by atoms with van der Waals surface area (Å²) in [5.74, 6) is 1.53. The number of nitrogens with one attached hydrogen (secondary N) is 1. The van der Waals surface area contributed by atoms with Gasteiger partial charge in [0.1, 0.15) is 11.4 Å². The molecule has 2 amide bonds. The van der Waals surface area contributed by atoms with E-state index in [-0.39, 0.29) is 17.2 Å². The zero-order valence-electron chi connectivity index (χ0n) is 18.0. The van der Waals surface area contributed by atoms with Gasteiger partial charge in [-0.3, -0.25) is 9.59 Å². The van der Waals surface area contributed by atoms with Crippen LogP contribution < -0.4 is 14.8 Å². The number of nitrogens with zero attached hydrogens (tertiary/aromatic N) is 1. The van der Waals surface area contributed by atoms with Crippen molar-refractivity contribution in [2.45, 2.75) is 38.6 Å². The van der Waals surface area contributed by atoms with E-state index in [1.165, 1.54) is 5.56 Å². The molecule has 0 bridgehead atoms. The van der Waals surface area contributed by atoms with Gasteiger partial charge >= 0.3 is 0 Å². The maximum Gasteiger partial charge on any atom is 0.248 e. The third kappa shape index (κ3) is 4.41. The van der Waals surface area contributed by atoms with Crippen LogP contribution in [-0.2, 0) is 9.59 Å². The van der Waals surface area contributed by atoms with Crippen molar-refractivity contribution in [3.05, 3.63) is 53.1 Å². The number of amides is 2. The lowest BCUT2D eigenvalue weighted by Gasteiger charge is -2.29. The van der Waals surface area contributed by atoms with Gasteiger partial charge in [0.05, 0.1) is 14.2 Å². The smallest absolute Gasteiger partial charge is 0.248 e. The van der Waals surface area contributed by atoms with Crippen molar-refractivity contribution in [3.63, 3.8) is 0 Å². The zero-order chi connectivity index (χ0) is 21.8. The third-order valence-electron chi connectivity index (χ3n) is 5.36. The van der Waals surface area contributed by atoms with Crippen LogP contribution in [0.15, 0.2) is 36.4 Å². The number of methoxy groups -OCH3 is 2. The standard InChI is InChI=1S/C23H28N2O4S/c1-6-21(26)25-18(22(27)24-17-9-7-14(2)15(3)11-17)13-30-23(25)16-8-10-19(28-4)20(12-16)29-5/h7-12,18,23H,6,13H2,1-5H3,(H,24,27). The van der Waals surface area contributed by atoms with E-state index in [2.05, 4.69) is 5.32 Å². The molecule has 0 saturated carbocycles. The van der Waals surface area contributed by atoms with E-state index < -0.39 is 6.04 Å². The molecule has 1 saturated heterocycles. The highest BCUT2D eigenvalue weighted by Gasteiger charge is 2.41. The van der Waals surface area contributed by atoms with Gasteiger partial charge in [0.2, 0.25) is 11.8 Å². The van der Waals surface area contributed by atoms with Crippen LogP contribution >= 0.6 is 11.8 Å². The maximum atomic E-state index is 13.1. The fourth-order valence-electron chi connectivity index (χ4n) is 3.50. The second-order valence-electron chi connectivity index (χ2n) is 7.26. The van der Waals surface area contributed by atoms with E-state index in [0.29, 0.717) is 23.7 Å². The quantitative estimate of drug-likeness (QED) is 0.743. The molecule has 1 N–H and O–H groups in total. The van der Waals surface area contributed by atoms with E-state index in [0.717, 1.165) is 16.8 Å². The van der Waals surface area contributed by atoms with E-state index in [9.17, 15) is 9.59 Å². The molecule has 2 unspecified atom stereocenters. The minimum atomic E-state index is -0.540. The minimum Gasteiger partial charge on any atom is -0.493 e. The molecule has 0 aromatic heterocycles. The molecule has 160 valence electrons. The SMILES string of the molecule is CCC(=O)N1C(C(=O)Nc2ccc(C)c(C)c2)CSC1c1ccc(OC)c(OC)c1. The molecule has 2 atom stereocenters. The Kier molecular flexibility index (Phi) is 6.92. The number of hydrogen-bond donors (Lipinski definition) is 1. The van der Waals surface area contributed by atoms with Crippen LogP contribution in [0.1, 0.15) is 35.4 Å². The van der Waals surface area contributed by atoms with E-state index >= 15 is 0 Å². The number of carbonyl (C=O) groups excluding carboxylic acids is 2. The lowest BCUT2D eigenvalue weighted by Crippen LogP contribution is -2.45. The third-order valence-corrected chi connectivity index (χ3v) is 6.68. The van der Waals surface area contributed by atoms with Crippen molar-refractivity contribution in [1.29, 1.82) is 0 Å². The Morgan fingerprint density at radius 3 is 2.43 bits per heavy atom. The fourth-order valence-corrected chi connectivity index (χ4v) is 4.94. The van der Waals surface area contributed by atoms with Gasteiger partial charge in [0.15, 0.2) is 11.5 Å². The van der Waals surface area contributed by atoms with Gasteiger partial charge in [-0.1, -0.05) is 19.1 Å². The van der Waals surface area contributed by atoms with Crippen LogP contribution in [0.4, 0.5) is 5.69 Å². The van der Waals surface area contributed by atoms with Crippen molar-refractivity contribution in [3.8, 4) is 11.5 Å². The summed E-state index contributed by atoms with van der Waals surface area (Å²) >= 11 is 1.58. The predicted octanol–water partition coefficient (Wildman–Crippen LogP) is 4.31. The maximum absolute atomic E-state index is 13.1. The molecule has 30 heavy (non-hydrogen) atoms. The summed E-state index contributed by atoms with van der Waals surface area (Å²) in [6.45, 7) is 5.86. The second kappa shape index (κ2) is 9.43. The van der Waals surface area contributed by atoms with Crippen molar-refractivity contribution in [1.82, 2.24) is 4.90 Å². The van der Waals surface area contributed by atoms with Crippen LogP contribution in [-0.4, -0.2) is 42.7 Å². The number of ether oxygens (including phenoxy) is 2. The normalized spacial score (nSPS) is 18.2. The number of anilines is 1. The zero-order valence-corrected chi connectivity index (χ0v) is 18.8. The number of rotatable bonds is 6. The summed E-state index contributed by atoms with van der Waals surface area (Å²) in [5.41, 5.74) is 3.92. The van der Waals surface area contributed by atoms with Crippen LogP contribution in [0, 0.1) is 13.8 Å². The summed E-state index contributed by atoms with van der Waals surface area (Å²) < 4.78 is 10.7. The first-order valence-corrected chi connectivity index (χ1v) is 11.0. The second-order valence-corrected chi connectivity index (χ2v) is 8.37. The van der Waals surface area contributed by atoms with E-state index in [1.54, 1.807) is 30.9 Å². The summed E-state index contributed by atoms with van der Waals surface area (Å²) in [6.07, 6.45) is 0.331. The fraction of sp³-hybridized carbons (Fsp3) is 0.391.